The van der Waals surface area contributed by atoms with Crippen molar-refractivity contribution in [2.75, 3.05) is 6.61 Å². The maximum Gasteiger partial charge on any atom is 0.333 e. The number of carbonyl (C=O) groups is 2. The summed E-state index contributed by atoms with van der Waals surface area (Å²) in [5.41, 5.74) is 0.246. The topological polar surface area (TPSA) is 86.7 Å². The number of carboxylic acid groups (broad SMARTS) is 2. The van der Waals surface area contributed by atoms with E-state index in [1.807, 2.05) is 0 Å². The number of ether oxygens (including phenoxy) is 1. The highest BCUT2D eigenvalue weighted by Gasteiger charge is 2.21. The van der Waals surface area contributed by atoms with Crippen LogP contribution in [0.15, 0.2) is 0 Å². The van der Waals surface area contributed by atoms with Gasteiger partial charge in [-0.3, -0.25) is 0 Å². The van der Waals surface area contributed by atoms with Gasteiger partial charge in [-0.2, -0.15) is 0 Å². The lowest BCUT2D eigenvalue weighted by atomic mass is 9.80. The molecule has 0 amide bonds. The molecular weight excluding hydrogens is 236 g/mol. The molecule has 1 atom stereocenters. The minimum absolute atomic E-state index is 0.246. The second-order valence-electron chi connectivity index (χ2n) is 4.90. The summed E-state index contributed by atoms with van der Waals surface area (Å²) < 4.78 is 5.08. The fourth-order valence-electron chi connectivity index (χ4n) is 1.70. The molecular formula is C13H23O5-. The normalized spacial score (nSPS) is 13.3. The molecule has 0 bridgehead atoms. The first-order chi connectivity index (χ1) is 8.34. The van der Waals surface area contributed by atoms with Crippen LogP contribution < -0.4 is 5.11 Å². The van der Waals surface area contributed by atoms with Gasteiger partial charge < -0.3 is 19.7 Å². The molecule has 0 heterocycles. The molecule has 0 aliphatic rings. The van der Waals surface area contributed by atoms with Gasteiger partial charge in [-0.05, 0) is 18.3 Å². The number of aliphatic carboxylic acids is 2. The van der Waals surface area contributed by atoms with Gasteiger partial charge in [0.05, 0.1) is 0 Å². The average Bonchev–Trinajstić information content (AvgIpc) is 2.32. The molecule has 0 spiro atoms. The molecule has 0 aliphatic heterocycles. The average molecular weight is 259 g/mol. The van der Waals surface area contributed by atoms with Crippen LogP contribution in [0.4, 0.5) is 0 Å². The fraction of sp³-hybridized carbons (Fsp3) is 0.846. The highest BCUT2D eigenvalue weighted by atomic mass is 16.5. The van der Waals surface area contributed by atoms with Crippen molar-refractivity contribution < 1.29 is 24.5 Å². The van der Waals surface area contributed by atoms with Gasteiger partial charge in [0.1, 0.15) is 0 Å². The standard InChI is InChI=1S/C13H24O5/c1-4-13(3,5-2)7-6-8-18-10(12(16)17)9-11(14)15/h10H,4-9H2,1-3H3,(H,14,15)(H,16,17)/p-1. The lowest BCUT2D eigenvalue weighted by molar-refractivity contribution is -0.307. The largest absolute Gasteiger partial charge is 0.550 e. The number of carboxylic acids is 2. The van der Waals surface area contributed by atoms with Crippen molar-refractivity contribution in [2.24, 2.45) is 5.41 Å². The van der Waals surface area contributed by atoms with E-state index in [0.717, 1.165) is 25.7 Å². The molecule has 0 rings (SSSR count). The highest BCUT2D eigenvalue weighted by Crippen LogP contribution is 2.30. The summed E-state index contributed by atoms with van der Waals surface area (Å²) >= 11 is 0. The summed E-state index contributed by atoms with van der Waals surface area (Å²) in [6.07, 6.45) is 1.89. The van der Waals surface area contributed by atoms with Gasteiger partial charge in [0.15, 0.2) is 6.10 Å². The first-order valence-electron chi connectivity index (χ1n) is 6.39. The Labute approximate surface area is 108 Å². The molecule has 5 nitrogen and oxygen atoms in total. The maximum absolute atomic E-state index is 10.7. The Morgan fingerprint density at radius 2 is 1.89 bits per heavy atom. The van der Waals surface area contributed by atoms with Crippen molar-refractivity contribution in [1.29, 1.82) is 0 Å². The van der Waals surface area contributed by atoms with Crippen LogP contribution in [0.3, 0.4) is 0 Å². The number of rotatable bonds is 10. The second-order valence-corrected chi connectivity index (χ2v) is 4.90. The summed E-state index contributed by atoms with van der Waals surface area (Å²) in [6, 6.07) is 0. The molecule has 0 aromatic rings. The highest BCUT2D eigenvalue weighted by molar-refractivity contribution is 5.78. The van der Waals surface area contributed by atoms with E-state index in [4.69, 9.17) is 9.84 Å². The molecule has 0 fully saturated rings. The zero-order valence-electron chi connectivity index (χ0n) is 11.4. The maximum atomic E-state index is 10.7. The minimum Gasteiger partial charge on any atom is -0.550 e. The van der Waals surface area contributed by atoms with E-state index in [-0.39, 0.29) is 12.0 Å². The van der Waals surface area contributed by atoms with Crippen molar-refractivity contribution >= 4 is 11.9 Å². The van der Waals surface area contributed by atoms with Crippen LogP contribution in [-0.4, -0.2) is 29.8 Å². The quantitative estimate of drug-likeness (QED) is 0.596. The van der Waals surface area contributed by atoms with Crippen molar-refractivity contribution in [3.05, 3.63) is 0 Å². The van der Waals surface area contributed by atoms with E-state index in [0.29, 0.717) is 0 Å². The number of hydrogen-bond donors (Lipinski definition) is 1. The molecule has 0 aromatic carbocycles. The van der Waals surface area contributed by atoms with Crippen LogP contribution in [0, 0.1) is 5.41 Å². The summed E-state index contributed by atoms with van der Waals surface area (Å²) in [5, 5.41) is 19.1. The van der Waals surface area contributed by atoms with Crippen molar-refractivity contribution in [3.63, 3.8) is 0 Å². The third kappa shape index (κ3) is 6.59. The molecule has 5 heteroatoms. The third-order valence-electron chi connectivity index (χ3n) is 3.58. The van der Waals surface area contributed by atoms with Crippen LogP contribution in [0.1, 0.15) is 52.9 Å². The Morgan fingerprint density at radius 3 is 2.28 bits per heavy atom. The van der Waals surface area contributed by atoms with Gasteiger partial charge in [-0.15, -0.1) is 0 Å². The van der Waals surface area contributed by atoms with E-state index >= 15 is 0 Å². The fourth-order valence-corrected chi connectivity index (χ4v) is 1.70. The van der Waals surface area contributed by atoms with Gasteiger partial charge in [0.25, 0.3) is 0 Å². The predicted octanol–water partition coefficient (Wildman–Crippen LogP) is 1.20. The van der Waals surface area contributed by atoms with Crippen LogP contribution in [-0.2, 0) is 14.3 Å². The third-order valence-corrected chi connectivity index (χ3v) is 3.58. The van der Waals surface area contributed by atoms with Crippen LogP contribution in [0.2, 0.25) is 0 Å². The Morgan fingerprint density at radius 1 is 1.33 bits per heavy atom. The SMILES string of the molecule is CCC(C)(CC)CCCOC(CC(=O)[O-])C(=O)O. The lowest BCUT2D eigenvalue weighted by Crippen LogP contribution is -2.34. The molecule has 1 N–H and O–H groups in total. The smallest absolute Gasteiger partial charge is 0.333 e. The molecule has 0 aromatic heterocycles. The van der Waals surface area contributed by atoms with Gasteiger partial charge in [0.2, 0.25) is 0 Å². The lowest BCUT2D eigenvalue weighted by Gasteiger charge is -2.26. The molecule has 0 aliphatic carbocycles. The summed E-state index contributed by atoms with van der Waals surface area (Å²) in [6.45, 7) is 6.70. The van der Waals surface area contributed by atoms with Crippen LogP contribution >= 0.6 is 0 Å². The molecule has 0 radical (unpaired) electrons. The van der Waals surface area contributed by atoms with E-state index in [1.54, 1.807) is 0 Å². The minimum atomic E-state index is -1.41. The Bertz CT molecular complexity index is 271. The number of carbonyl (C=O) groups excluding carboxylic acids is 1. The first kappa shape index (κ1) is 16.9. The molecule has 1 unspecified atom stereocenters. The van der Waals surface area contributed by atoms with E-state index in [1.165, 1.54) is 0 Å². The Hall–Kier alpha value is -1.10. The predicted molar refractivity (Wildman–Crippen MR) is 64.9 cm³/mol. The molecule has 0 saturated carbocycles. The zero-order chi connectivity index (χ0) is 14.2. The summed E-state index contributed by atoms with van der Waals surface area (Å²) in [5.74, 6) is -2.66. The number of hydrogen-bond acceptors (Lipinski definition) is 4. The molecule has 18 heavy (non-hydrogen) atoms. The van der Waals surface area contributed by atoms with Crippen molar-refractivity contribution in [1.82, 2.24) is 0 Å². The van der Waals surface area contributed by atoms with E-state index in [9.17, 15) is 14.7 Å². The van der Waals surface area contributed by atoms with Gasteiger partial charge in [-0.25, -0.2) is 4.79 Å². The Balaban J connectivity index is 4.00. The molecule has 106 valence electrons. The first-order valence-corrected chi connectivity index (χ1v) is 6.39. The van der Waals surface area contributed by atoms with Gasteiger partial charge in [0, 0.05) is 19.0 Å². The monoisotopic (exact) mass is 259 g/mol. The Kier molecular flexibility index (Phi) is 7.59. The zero-order valence-corrected chi connectivity index (χ0v) is 11.4. The van der Waals surface area contributed by atoms with E-state index in [2.05, 4.69) is 20.8 Å². The van der Waals surface area contributed by atoms with Gasteiger partial charge in [-0.1, -0.05) is 33.6 Å². The summed E-state index contributed by atoms with van der Waals surface area (Å²) in [7, 11) is 0. The van der Waals surface area contributed by atoms with Crippen molar-refractivity contribution in [2.45, 2.75) is 59.0 Å². The molecule has 0 saturated heterocycles. The summed E-state index contributed by atoms with van der Waals surface area (Å²) in [4.78, 5) is 21.1. The second kappa shape index (κ2) is 8.08. The van der Waals surface area contributed by atoms with Crippen LogP contribution in [0.5, 0.6) is 0 Å². The van der Waals surface area contributed by atoms with Crippen LogP contribution in [0.25, 0.3) is 0 Å². The van der Waals surface area contributed by atoms with Gasteiger partial charge >= 0.3 is 5.97 Å². The van der Waals surface area contributed by atoms with Crippen molar-refractivity contribution in [3.8, 4) is 0 Å². The van der Waals surface area contributed by atoms with E-state index < -0.39 is 24.5 Å².